The summed E-state index contributed by atoms with van der Waals surface area (Å²) in [4.78, 5) is 26.8. The van der Waals surface area contributed by atoms with E-state index in [2.05, 4.69) is 34.3 Å². The van der Waals surface area contributed by atoms with Crippen LogP contribution in [-0.4, -0.2) is 41.9 Å². The number of hydrogen-bond acceptors (Lipinski definition) is 3. The highest BCUT2D eigenvalue weighted by atomic mass is 16.2. The number of aryl methyl sites for hydroxylation is 1. The molecule has 1 heterocycles. The summed E-state index contributed by atoms with van der Waals surface area (Å²) in [7, 11) is 3.70. The Labute approximate surface area is 190 Å². The molecule has 1 unspecified atom stereocenters. The molecule has 0 aliphatic carbocycles. The minimum atomic E-state index is -0.105. The van der Waals surface area contributed by atoms with Gasteiger partial charge in [0.25, 0.3) is 5.91 Å². The fraction of sp³-hybridized carbons (Fsp3) is 0.308. The Morgan fingerprint density at radius 2 is 1.72 bits per heavy atom. The van der Waals surface area contributed by atoms with Crippen LogP contribution in [0.1, 0.15) is 45.8 Å². The Hall–Kier alpha value is -3.38. The van der Waals surface area contributed by atoms with Crippen molar-refractivity contribution in [3.63, 3.8) is 0 Å². The number of likely N-dealkylation sites (N-methyl/N-ethyl adjacent to an activating group) is 1. The molecule has 1 atom stereocenters. The Morgan fingerprint density at radius 1 is 1.00 bits per heavy atom. The molecule has 6 heteroatoms. The topological polar surface area (TPSA) is 66.4 Å². The molecule has 3 rings (SSSR count). The van der Waals surface area contributed by atoms with Crippen LogP contribution in [-0.2, 0) is 11.3 Å². The second-order valence-corrected chi connectivity index (χ2v) is 8.41. The first kappa shape index (κ1) is 23.3. The molecule has 0 bridgehead atoms. The van der Waals surface area contributed by atoms with Gasteiger partial charge < -0.3 is 20.1 Å². The summed E-state index contributed by atoms with van der Waals surface area (Å²) >= 11 is 0. The van der Waals surface area contributed by atoms with Gasteiger partial charge in [0.1, 0.15) is 0 Å². The zero-order valence-electron chi connectivity index (χ0n) is 19.5. The molecule has 168 valence electrons. The van der Waals surface area contributed by atoms with Gasteiger partial charge in [-0.3, -0.25) is 9.59 Å². The molecule has 0 aliphatic heterocycles. The quantitative estimate of drug-likeness (QED) is 0.562. The zero-order chi connectivity index (χ0) is 23.3. The summed E-state index contributed by atoms with van der Waals surface area (Å²) in [5.74, 6) is -0.178. The second kappa shape index (κ2) is 10.3. The summed E-state index contributed by atoms with van der Waals surface area (Å²) in [6, 6.07) is 19.9. The van der Waals surface area contributed by atoms with Gasteiger partial charge in [-0.1, -0.05) is 42.5 Å². The van der Waals surface area contributed by atoms with Crippen LogP contribution in [0.4, 0.5) is 5.69 Å². The first-order valence-electron chi connectivity index (χ1n) is 10.8. The fourth-order valence-electron chi connectivity index (χ4n) is 4.01. The van der Waals surface area contributed by atoms with Gasteiger partial charge in [0.15, 0.2) is 0 Å². The first-order chi connectivity index (χ1) is 15.3. The molecule has 6 nitrogen and oxygen atoms in total. The monoisotopic (exact) mass is 432 g/mol. The predicted molar refractivity (Wildman–Crippen MR) is 129 cm³/mol. The molecule has 1 aromatic heterocycles. The number of rotatable bonds is 8. The van der Waals surface area contributed by atoms with Crippen molar-refractivity contribution >= 4 is 17.5 Å². The minimum Gasteiger partial charge on any atom is -0.348 e. The molecular formula is C26H32N4O2. The van der Waals surface area contributed by atoms with Crippen LogP contribution < -0.4 is 10.6 Å². The smallest absolute Gasteiger partial charge is 0.253 e. The third-order valence-corrected chi connectivity index (χ3v) is 5.52. The number of carbonyl (C=O) groups excluding carboxylic acids is 2. The molecule has 0 aliphatic rings. The summed E-state index contributed by atoms with van der Waals surface area (Å²) in [5.41, 5.74) is 5.52. The van der Waals surface area contributed by atoms with Crippen molar-refractivity contribution in [1.29, 1.82) is 0 Å². The van der Waals surface area contributed by atoms with Crippen LogP contribution >= 0.6 is 0 Å². The van der Waals surface area contributed by atoms with Gasteiger partial charge >= 0.3 is 0 Å². The first-order valence-corrected chi connectivity index (χ1v) is 10.8. The maximum Gasteiger partial charge on any atom is 0.253 e. The Morgan fingerprint density at radius 3 is 2.41 bits per heavy atom. The molecule has 0 saturated heterocycles. The lowest BCUT2D eigenvalue weighted by Gasteiger charge is -2.19. The number of aromatic nitrogens is 1. The van der Waals surface area contributed by atoms with E-state index in [1.54, 1.807) is 0 Å². The molecule has 0 fully saturated rings. The van der Waals surface area contributed by atoms with Gasteiger partial charge in [0, 0.05) is 23.6 Å². The molecular weight excluding hydrogens is 400 g/mol. The molecule has 2 N–H and O–H groups in total. The Kier molecular flexibility index (Phi) is 7.49. The maximum atomic E-state index is 12.9. The molecule has 2 aromatic carbocycles. The van der Waals surface area contributed by atoms with Crippen LogP contribution in [0.5, 0.6) is 0 Å². The Bertz CT molecular complexity index is 1090. The number of nitrogens with zero attached hydrogens (tertiary/aromatic N) is 2. The summed E-state index contributed by atoms with van der Waals surface area (Å²) < 4.78 is 2.20. The lowest BCUT2D eigenvalue weighted by Crippen LogP contribution is -2.27. The van der Waals surface area contributed by atoms with Crippen molar-refractivity contribution in [2.24, 2.45) is 0 Å². The van der Waals surface area contributed by atoms with Crippen molar-refractivity contribution in [2.75, 3.05) is 26.0 Å². The lowest BCUT2D eigenvalue weighted by atomic mass is 10.1. The van der Waals surface area contributed by atoms with Gasteiger partial charge in [0.05, 0.1) is 18.2 Å². The van der Waals surface area contributed by atoms with E-state index < -0.39 is 0 Å². The summed E-state index contributed by atoms with van der Waals surface area (Å²) in [6.07, 6.45) is 0. The van der Waals surface area contributed by atoms with Crippen molar-refractivity contribution < 1.29 is 9.59 Å². The van der Waals surface area contributed by atoms with Gasteiger partial charge in [-0.25, -0.2) is 0 Å². The maximum absolute atomic E-state index is 12.9. The van der Waals surface area contributed by atoms with Crippen molar-refractivity contribution in [3.8, 4) is 0 Å². The van der Waals surface area contributed by atoms with Crippen LogP contribution in [0.25, 0.3) is 0 Å². The molecule has 32 heavy (non-hydrogen) atoms. The van der Waals surface area contributed by atoms with E-state index in [9.17, 15) is 9.59 Å². The lowest BCUT2D eigenvalue weighted by molar-refractivity contribution is -0.116. The second-order valence-electron chi connectivity index (χ2n) is 8.41. The van der Waals surface area contributed by atoms with Crippen molar-refractivity contribution in [2.45, 2.75) is 33.4 Å². The van der Waals surface area contributed by atoms with Crippen LogP contribution in [0.15, 0.2) is 60.7 Å². The van der Waals surface area contributed by atoms with Gasteiger partial charge in [-0.15, -0.1) is 0 Å². The normalized spacial score (nSPS) is 11.9. The largest absolute Gasteiger partial charge is 0.348 e. The highest BCUT2D eigenvalue weighted by Gasteiger charge is 2.19. The van der Waals surface area contributed by atoms with E-state index in [-0.39, 0.29) is 17.9 Å². The molecule has 0 saturated carbocycles. The molecule has 2 amide bonds. The fourth-order valence-corrected chi connectivity index (χ4v) is 4.01. The van der Waals surface area contributed by atoms with Crippen LogP contribution in [0.2, 0.25) is 0 Å². The molecule has 0 radical (unpaired) electrons. The highest BCUT2D eigenvalue weighted by Crippen LogP contribution is 2.25. The van der Waals surface area contributed by atoms with Gasteiger partial charge in [-0.05, 0) is 64.2 Å². The van der Waals surface area contributed by atoms with E-state index in [4.69, 9.17) is 0 Å². The molecule has 3 aromatic rings. The summed E-state index contributed by atoms with van der Waals surface area (Å²) in [6.45, 7) is 6.87. The van der Waals surface area contributed by atoms with Gasteiger partial charge in [-0.2, -0.15) is 0 Å². The highest BCUT2D eigenvalue weighted by molar-refractivity contribution is 5.95. The van der Waals surface area contributed by atoms with Gasteiger partial charge in [0.2, 0.25) is 5.91 Å². The Balaban J connectivity index is 1.68. The molecule has 0 spiro atoms. The van der Waals surface area contributed by atoms with E-state index in [1.807, 2.05) is 81.4 Å². The average molecular weight is 433 g/mol. The third kappa shape index (κ3) is 5.65. The number of amides is 2. The third-order valence-electron chi connectivity index (χ3n) is 5.52. The van der Waals surface area contributed by atoms with E-state index in [0.29, 0.717) is 18.7 Å². The standard InChI is InChI=1S/C26H32N4O2/c1-18-14-24(20(3)30(18)19(2)22-11-7-6-8-12-22)26(32)27-16-21-10-9-13-23(15-21)28-25(31)17-29(4)5/h6-15,19H,16-17H2,1-5H3,(H,27,32)(H,28,31). The van der Waals surface area contributed by atoms with E-state index in [0.717, 1.165) is 22.6 Å². The van der Waals surface area contributed by atoms with Crippen molar-refractivity contribution in [1.82, 2.24) is 14.8 Å². The number of carbonyl (C=O) groups is 2. The van der Waals surface area contributed by atoms with E-state index >= 15 is 0 Å². The SMILES string of the molecule is Cc1cc(C(=O)NCc2cccc(NC(=O)CN(C)C)c2)c(C)n1C(C)c1ccccc1. The number of nitrogens with one attached hydrogen (secondary N) is 2. The number of hydrogen-bond donors (Lipinski definition) is 2. The number of benzene rings is 2. The minimum absolute atomic E-state index is 0.0730. The zero-order valence-corrected chi connectivity index (χ0v) is 19.5. The van der Waals surface area contributed by atoms with Crippen LogP contribution in [0.3, 0.4) is 0 Å². The van der Waals surface area contributed by atoms with E-state index in [1.165, 1.54) is 5.56 Å². The van der Waals surface area contributed by atoms with Crippen LogP contribution in [0, 0.1) is 13.8 Å². The average Bonchev–Trinajstić information content (AvgIpc) is 3.05. The summed E-state index contributed by atoms with van der Waals surface area (Å²) in [5, 5.41) is 5.90. The van der Waals surface area contributed by atoms with Crippen molar-refractivity contribution in [3.05, 3.63) is 88.7 Å². The number of anilines is 1. The predicted octanol–water partition coefficient (Wildman–Crippen LogP) is 4.14.